The number of benzene rings is 2. The maximum absolute atomic E-state index is 13.4. The average Bonchev–Trinajstić information content (AvgIpc) is 1.35. The number of amides is 6. The molecule has 4 atom stereocenters. The number of hydrogen-bond acceptors (Lipinski definition) is 22. The Morgan fingerprint density at radius 3 is 1.34 bits per heavy atom. The van der Waals surface area contributed by atoms with E-state index in [4.69, 9.17) is 28.9 Å². The fourth-order valence-corrected chi connectivity index (χ4v) is 17.2. The molecule has 2 aromatic heterocycles. The first-order valence-electron chi connectivity index (χ1n) is 41.9. The summed E-state index contributed by atoms with van der Waals surface area (Å²) in [7, 11) is 6.73. The number of esters is 2. The first kappa shape index (κ1) is 87.0. The van der Waals surface area contributed by atoms with Gasteiger partial charge in [0.25, 0.3) is 11.8 Å². The quantitative estimate of drug-likeness (QED) is 0.0182. The Morgan fingerprint density at radius 1 is 0.549 bits per heavy atom. The van der Waals surface area contributed by atoms with E-state index in [1.165, 1.54) is 12.8 Å². The molecule has 4 aliphatic carbocycles. The lowest BCUT2D eigenvalue weighted by molar-refractivity contribution is -0.153. The van der Waals surface area contributed by atoms with Crippen molar-refractivity contribution in [3.8, 4) is 11.5 Å². The van der Waals surface area contributed by atoms with Crippen molar-refractivity contribution in [2.24, 2.45) is 11.8 Å². The number of ether oxygens (including phenoxy) is 4. The number of nitrogens with one attached hydrogen (secondary N) is 7. The van der Waals surface area contributed by atoms with Crippen molar-refractivity contribution in [3.05, 3.63) is 59.9 Å². The van der Waals surface area contributed by atoms with Crippen molar-refractivity contribution in [2.75, 3.05) is 96.6 Å². The van der Waals surface area contributed by atoms with Crippen molar-refractivity contribution < 1.29 is 57.3 Å². The molecule has 29 heteroatoms. The molecule has 0 bridgehead atoms. The number of hydrogen-bond donors (Lipinski definition) is 7. The first-order valence-corrected chi connectivity index (χ1v) is 43.1. The number of alkyl halides is 1. The van der Waals surface area contributed by atoms with Crippen LogP contribution in [0.4, 0.5) is 46.3 Å². The number of halogens is 1. The number of piperidine rings is 2. The number of likely N-dealkylation sites (tertiary alicyclic amines) is 1. The lowest BCUT2D eigenvalue weighted by atomic mass is 10.0. The van der Waals surface area contributed by atoms with Gasteiger partial charge in [-0.3, -0.25) is 28.8 Å². The molecule has 12 rings (SSSR count). The van der Waals surface area contributed by atoms with Gasteiger partial charge >= 0.3 is 11.9 Å². The van der Waals surface area contributed by atoms with Crippen LogP contribution in [0.25, 0.3) is 0 Å². The molecule has 7 N–H and O–H groups in total. The summed E-state index contributed by atoms with van der Waals surface area (Å²) in [6, 6.07) is 9.83. The summed E-state index contributed by atoms with van der Waals surface area (Å²) in [6.45, 7) is 16.5. The third kappa shape index (κ3) is 23.9. The molecule has 6 heterocycles. The summed E-state index contributed by atoms with van der Waals surface area (Å²) in [5, 5.41) is 22.8. The zero-order chi connectivity index (χ0) is 80.7. The predicted molar refractivity (Wildman–Crippen MR) is 443 cm³/mol. The number of rotatable bonds is 31. The first-order chi connectivity index (χ1) is 54.6. The molecule has 2 aromatic carbocycles. The van der Waals surface area contributed by atoms with E-state index >= 15 is 0 Å². The SMILES string of the molecule is CC(C)C[C@H](NC(=O)CCCBr)C(=O)OC1CCCC1.CC[C@@H]1C(=O)N(C)c2cnc(Nc3ccc(C(=O)NC4CCN(CCCC(=O)N[C@@H](CC(C)C)C(=O)OC5CCCC5)CC4)cc3OC)nc2N1C1CCCC1.CC[C@@H]1C(=O)N(C)c2cnc(Nc3ccc(C(=O)NC4CCNCC4)cc3OC)nc2N1C1CCCC1. The lowest BCUT2D eigenvalue weighted by Gasteiger charge is -2.43. The standard InChI is InChI=1S/C42H62N8O6.C27H37N7O3.C15H26BrNO3/c1-6-34-40(53)48(4)35-26-43-42(47-38(35)50(34)30-12-7-8-13-30)46-32-18-17-28(25-36(32)55-5)39(52)44-29-19-22-49(23-20-29)21-11-16-37(51)45-33(24-27(2)3)41(54)56-31-14-9-10-15-31;1-4-21-26(36)33(2)22-16-29-27(32-24(22)34(21)19-7-5-6-8-19)31-20-10-9-17(15-23(20)37-3)25(35)30-18-11-13-28-14-12-18;1-11(2)10-13(17-14(18)8-5-9-16)15(19)20-12-6-3-4-7-12/h17-18,25-27,29-31,33-34H,6-16,19-24H2,1-5H3,(H,44,52)(H,45,51)(H,43,46,47);9-10,15-16,18-19,21,28H,4-8,11-14H2,1-3H3,(H,30,35)(H,29,31,32);11-13H,3-10H2,1-2H3,(H,17,18)/t33-,34+;21-;13-/m010/s1. The molecule has 0 spiro atoms. The third-order valence-corrected chi connectivity index (χ3v) is 23.6. The maximum atomic E-state index is 13.4. The minimum atomic E-state index is -0.601. The summed E-state index contributed by atoms with van der Waals surface area (Å²) in [5.41, 5.74) is 3.77. The molecule has 8 aliphatic rings. The number of anilines is 8. The normalized spacial score (nSPS) is 19.8. The summed E-state index contributed by atoms with van der Waals surface area (Å²) in [6.07, 6.45) is 28.8. The van der Waals surface area contributed by atoms with Gasteiger partial charge in [-0.05, 0) is 209 Å². The Morgan fingerprint density at radius 2 is 0.947 bits per heavy atom. The van der Waals surface area contributed by atoms with Gasteiger partial charge in [-0.15, -0.1) is 0 Å². The molecule has 4 saturated carbocycles. The molecule has 620 valence electrons. The monoisotopic (exact) mass is 1630 g/mol. The highest BCUT2D eigenvalue weighted by Crippen LogP contribution is 2.43. The number of methoxy groups -OCH3 is 2. The smallest absolute Gasteiger partial charge is 0.328 e. The van der Waals surface area contributed by atoms with E-state index in [1.807, 2.05) is 40.7 Å². The van der Waals surface area contributed by atoms with Crippen LogP contribution >= 0.6 is 15.9 Å². The van der Waals surface area contributed by atoms with E-state index < -0.39 is 12.1 Å². The van der Waals surface area contributed by atoms with Crippen LogP contribution in [0.15, 0.2) is 48.8 Å². The van der Waals surface area contributed by atoms with E-state index in [9.17, 15) is 38.4 Å². The molecule has 4 aromatic rings. The molecule has 2 saturated heterocycles. The van der Waals surface area contributed by atoms with Gasteiger partial charge in [-0.2, -0.15) is 9.97 Å². The van der Waals surface area contributed by atoms with Gasteiger partial charge in [-0.1, -0.05) is 83.2 Å². The number of carbonyl (C=O) groups excluding carboxylic acids is 8. The number of fused-ring (bicyclic) bond motifs is 2. The number of nitrogens with zero attached hydrogens (tertiary/aromatic N) is 9. The molecular formula is C84H125BrN16O12. The number of likely N-dealkylation sites (N-methyl/N-ethyl adjacent to an activating group) is 2. The minimum absolute atomic E-state index is 0.0189. The zero-order valence-corrected chi connectivity index (χ0v) is 70.0. The van der Waals surface area contributed by atoms with Crippen molar-refractivity contribution in [1.82, 2.24) is 51.4 Å². The van der Waals surface area contributed by atoms with Gasteiger partial charge in [0.15, 0.2) is 11.6 Å². The Bertz CT molecular complexity index is 3830. The molecule has 28 nitrogen and oxygen atoms in total. The lowest BCUT2D eigenvalue weighted by Crippen LogP contribution is -2.55. The summed E-state index contributed by atoms with van der Waals surface area (Å²) in [4.78, 5) is 131. The highest BCUT2D eigenvalue weighted by Gasteiger charge is 2.44. The van der Waals surface area contributed by atoms with Crippen molar-refractivity contribution in [1.29, 1.82) is 0 Å². The van der Waals surface area contributed by atoms with Crippen LogP contribution in [-0.4, -0.2) is 199 Å². The van der Waals surface area contributed by atoms with Crippen LogP contribution in [0, 0.1) is 11.8 Å². The Hall–Kier alpha value is -8.44. The summed E-state index contributed by atoms with van der Waals surface area (Å²) in [5.74, 6) is 3.12. The van der Waals surface area contributed by atoms with Gasteiger partial charge in [0.1, 0.15) is 59.2 Å². The van der Waals surface area contributed by atoms with Gasteiger partial charge in [0.05, 0.1) is 38.0 Å². The third-order valence-electron chi connectivity index (χ3n) is 23.1. The molecule has 113 heavy (non-hydrogen) atoms. The highest BCUT2D eigenvalue weighted by atomic mass is 79.9. The average molecular weight is 1630 g/mol. The second kappa shape index (κ2) is 42.8. The predicted octanol–water partition coefficient (Wildman–Crippen LogP) is 12.1. The van der Waals surface area contributed by atoms with Crippen molar-refractivity contribution >= 4 is 110 Å². The second-order valence-corrected chi connectivity index (χ2v) is 33.2. The van der Waals surface area contributed by atoms with Crippen LogP contribution in [0.5, 0.6) is 11.5 Å². The van der Waals surface area contributed by atoms with Crippen LogP contribution in [0.1, 0.15) is 242 Å². The fourth-order valence-electron chi connectivity index (χ4n) is 16.9. The van der Waals surface area contributed by atoms with Crippen molar-refractivity contribution in [3.63, 3.8) is 0 Å². The van der Waals surface area contributed by atoms with Crippen LogP contribution < -0.4 is 66.3 Å². The van der Waals surface area contributed by atoms with Gasteiger partial charge < -0.3 is 80.7 Å². The Labute approximate surface area is 676 Å². The van der Waals surface area contributed by atoms with Gasteiger partial charge in [0, 0.05) is 80.7 Å². The molecule has 6 fully saturated rings. The van der Waals surface area contributed by atoms with Crippen LogP contribution in [0.2, 0.25) is 0 Å². The van der Waals surface area contributed by atoms with E-state index in [1.54, 1.807) is 80.8 Å². The largest absolute Gasteiger partial charge is 0.495 e. The minimum Gasteiger partial charge on any atom is -0.495 e. The van der Waals surface area contributed by atoms with E-state index in [0.29, 0.717) is 102 Å². The zero-order valence-electron chi connectivity index (χ0n) is 68.4. The number of carbonyl (C=O) groups is 8. The molecule has 4 aliphatic heterocycles. The second-order valence-electron chi connectivity index (χ2n) is 32.4. The topological polar surface area (TPSA) is 325 Å². The molecular weight excluding hydrogens is 1500 g/mol. The Kier molecular flexibility index (Phi) is 32.9. The van der Waals surface area contributed by atoms with Gasteiger partial charge in [0.2, 0.25) is 35.5 Å². The van der Waals surface area contributed by atoms with E-state index in [0.717, 1.165) is 184 Å². The van der Waals surface area contributed by atoms with E-state index in [-0.39, 0.29) is 95.7 Å². The molecule has 0 radical (unpaired) electrons. The number of aromatic nitrogens is 4. The van der Waals surface area contributed by atoms with Gasteiger partial charge in [-0.25, -0.2) is 19.6 Å². The summed E-state index contributed by atoms with van der Waals surface area (Å²) < 4.78 is 22.5. The fraction of sp³-hybridized carbons (Fsp3) is 0.667. The Balaban J connectivity index is 0.000000202. The van der Waals surface area contributed by atoms with Crippen LogP contribution in [0.3, 0.4) is 0 Å². The highest BCUT2D eigenvalue weighted by molar-refractivity contribution is 9.09. The molecule has 0 unspecified atom stereocenters. The van der Waals surface area contributed by atoms with Crippen molar-refractivity contribution in [2.45, 2.75) is 282 Å². The van der Waals surface area contributed by atoms with Crippen LogP contribution in [-0.2, 0) is 38.2 Å². The summed E-state index contributed by atoms with van der Waals surface area (Å²) >= 11 is 3.30. The van der Waals surface area contributed by atoms with E-state index in [2.05, 4.69) is 84.7 Å². The maximum Gasteiger partial charge on any atom is 0.328 e. The molecule has 6 amide bonds.